The van der Waals surface area contributed by atoms with Crippen LogP contribution in [0, 0.1) is 132 Å². The second kappa shape index (κ2) is 48.9. The van der Waals surface area contributed by atoms with Gasteiger partial charge >= 0.3 is 24.1 Å². The van der Waals surface area contributed by atoms with Crippen molar-refractivity contribution in [1.82, 2.24) is 77.9 Å². The van der Waals surface area contributed by atoms with Gasteiger partial charge in [0.05, 0.1) is 66.1 Å². The number of esters is 1. The number of rotatable bonds is 17. The number of carbonyl (C=O) groups is 4. The molecule has 7 aliphatic heterocycles. The molecule has 14 fully saturated rings. The number of anilines is 3. The predicted molar refractivity (Wildman–Crippen MR) is 588 cm³/mol. The van der Waals surface area contributed by atoms with E-state index in [0.717, 1.165) is 154 Å². The van der Waals surface area contributed by atoms with Crippen LogP contribution in [0.1, 0.15) is 135 Å². The van der Waals surface area contributed by atoms with E-state index in [-0.39, 0.29) is 97.8 Å². The lowest BCUT2D eigenvalue weighted by molar-refractivity contribution is -0.141. The van der Waals surface area contributed by atoms with Crippen molar-refractivity contribution in [2.24, 2.45) is 124 Å². The molecule has 2 amide bonds. The maximum atomic E-state index is 13.2. The number of alkyl halides is 2. The molecule has 8 aromatic heterocycles. The average Bonchev–Trinajstić information content (AvgIpc) is 1.56. The molecule has 780 valence electrons. The summed E-state index contributed by atoms with van der Waals surface area (Å²) in [5, 5.41) is 40.9. The van der Waals surface area contributed by atoms with E-state index in [1.54, 1.807) is 9.80 Å². The summed E-state index contributed by atoms with van der Waals surface area (Å²) in [5.41, 5.74) is 7.15. The molecule has 0 spiro atoms. The SMILES string of the molecule is BrP(Br)Br.Brc1ccn2c(n1)nc1ccccc12.C.C.C.C.C.CC(C)(C)OC(=O)N1C[C@@H]2C(CC(=O)O)[C@@H]2C1.COC(=O)CC1[C@H]2CN(C(=O)OC(C)(C)C)C[C@@H]12.OCCC1[C@H]2CNC[C@@H]12.[2H]C([2H])(Br)CC1C2CN(c3ccn4c(n3)nc3ccccc34)CC21.[2H]C([2H])(O)CC1C2CN(c3ccn4c(n3)nc3ccccc34)CC21.[2H]C([2H])(O)CC1[C@H]2CNC[C@@H]12.[2H]C([2H])([18F])CC1C2CN(c3ccn4c(n3)nc3ccccc34)CC21.[CH3-]. The molecular formula is C106H147Br5FN19O11P-. The number of carbonyl (C=O) groups excluding carboxylic acids is 3. The highest BCUT2D eigenvalue weighted by Gasteiger charge is 2.61. The fourth-order valence-electron chi connectivity index (χ4n) is 22.8. The van der Waals surface area contributed by atoms with Gasteiger partial charge in [-0.15, -0.1) is 0 Å². The number of carboxylic acid groups (broad SMARTS) is 1. The number of imidazole rings is 4. The molecule has 7 saturated heterocycles. The molecule has 4 aromatic carbocycles. The summed E-state index contributed by atoms with van der Waals surface area (Å²) in [6, 6.07) is 40.0. The van der Waals surface area contributed by atoms with Gasteiger partial charge in [-0.2, -0.15) is 15.0 Å². The minimum absolute atomic E-state index is 0. The van der Waals surface area contributed by atoms with Crippen LogP contribution in [-0.2, 0) is 23.8 Å². The number of benzene rings is 4. The van der Waals surface area contributed by atoms with Crippen LogP contribution in [0.3, 0.4) is 0 Å². The topological polar surface area (TPSA) is 338 Å². The Balaban J connectivity index is 0.000000154. The maximum Gasteiger partial charge on any atom is 0.410 e. The van der Waals surface area contributed by atoms with Crippen LogP contribution in [0.5, 0.6) is 0 Å². The fourth-order valence-corrected chi connectivity index (χ4v) is 23.4. The zero-order valence-electron chi connectivity index (χ0n) is 86.5. The molecule has 0 radical (unpaired) electrons. The molecule has 10 unspecified atom stereocenters. The molecular weight excluding hydrogens is 2160 g/mol. The minimum Gasteiger partial charge on any atom is -0.481 e. The number of amides is 2. The minimum atomic E-state index is -2.55. The molecule has 30 nitrogen and oxygen atoms in total. The van der Waals surface area contributed by atoms with E-state index >= 15 is 0 Å². The smallest absolute Gasteiger partial charge is 0.410 e. The number of aliphatic hydroxyl groups excluding tert-OH is 1. The molecule has 143 heavy (non-hydrogen) atoms. The summed E-state index contributed by atoms with van der Waals surface area (Å²) in [4.78, 5) is 92.1. The van der Waals surface area contributed by atoms with Crippen LogP contribution in [0.15, 0.2) is 151 Å². The number of aliphatic carboxylic acids is 1. The van der Waals surface area contributed by atoms with Crippen molar-refractivity contribution in [3.8, 4) is 0 Å². The van der Waals surface area contributed by atoms with Crippen LogP contribution in [0.2, 0.25) is 0 Å². The van der Waals surface area contributed by atoms with Crippen molar-refractivity contribution >= 4 is 191 Å². The number of ether oxygens (including phenoxy) is 3. The van der Waals surface area contributed by atoms with Crippen LogP contribution in [-0.4, -0.2) is 253 Å². The highest BCUT2D eigenvalue weighted by molar-refractivity contribution is 9.93. The Morgan fingerprint density at radius 3 is 1.01 bits per heavy atom. The third kappa shape index (κ3) is 26.4. The first-order valence-electron chi connectivity index (χ1n) is 51.4. The second-order valence-electron chi connectivity index (χ2n) is 40.4. The van der Waals surface area contributed by atoms with Gasteiger partial charge in [0.15, 0.2) is 0 Å². The highest BCUT2D eigenvalue weighted by atomic mass is 80.0. The number of aromatic nitrogens is 12. The average molecular weight is 2320 g/mol. The fraction of sp³-hybridized carbons (Fsp3) is 0.575. The molecule has 14 aliphatic rings. The van der Waals surface area contributed by atoms with Crippen molar-refractivity contribution in [2.45, 2.75) is 135 Å². The molecule has 26 rings (SSSR count). The Bertz CT molecular complexity index is 6250. The molecule has 12 aromatic rings. The summed E-state index contributed by atoms with van der Waals surface area (Å²) in [6.07, 6.45) is 10.4. The third-order valence-electron chi connectivity index (χ3n) is 30.1. The number of hydrogen-bond donors (Lipinski definition) is 6. The molecule has 6 N–H and O–H groups in total. The number of halogens is 6. The van der Waals surface area contributed by atoms with Gasteiger partial charge in [-0.1, -0.05) is 102 Å². The lowest BCUT2D eigenvalue weighted by Gasteiger charge is -2.25. The van der Waals surface area contributed by atoms with Crippen molar-refractivity contribution in [3.63, 3.8) is 0 Å². The number of para-hydroxylation sites is 8. The first kappa shape index (κ1) is 102. The number of aliphatic hydroxyl groups is 3. The number of carboxylic acids is 1. The summed E-state index contributed by atoms with van der Waals surface area (Å²) in [5.74, 6) is 15.5. The molecule has 7 saturated carbocycles. The van der Waals surface area contributed by atoms with Gasteiger partial charge in [0.1, 0.15) is 37.3 Å². The molecule has 0 bridgehead atoms. The van der Waals surface area contributed by atoms with E-state index in [1.165, 1.54) is 20.2 Å². The van der Waals surface area contributed by atoms with Gasteiger partial charge in [-0.3, -0.25) is 31.6 Å². The largest absolute Gasteiger partial charge is 0.481 e. The zero-order chi connectivity index (χ0) is 103. The number of fused-ring (bicyclic) bond motifs is 19. The van der Waals surface area contributed by atoms with Crippen LogP contribution < -0.4 is 25.3 Å². The van der Waals surface area contributed by atoms with E-state index in [2.05, 4.69) is 150 Å². The molecule has 7 aliphatic carbocycles. The van der Waals surface area contributed by atoms with E-state index < -0.39 is 42.2 Å². The second-order valence-corrected chi connectivity index (χ2v) is 57.1. The van der Waals surface area contributed by atoms with Gasteiger partial charge in [0.2, 0.25) is 23.1 Å². The Hall–Kier alpha value is -8.16. The van der Waals surface area contributed by atoms with Gasteiger partial charge in [-0.25, -0.2) is 34.5 Å². The van der Waals surface area contributed by atoms with Crippen molar-refractivity contribution < 1.29 is 69.2 Å². The predicted octanol–water partition coefficient (Wildman–Crippen LogP) is 20.8. The molecule has 18 atom stereocenters. The van der Waals surface area contributed by atoms with E-state index in [1.807, 2.05) is 193 Å². The van der Waals surface area contributed by atoms with Gasteiger partial charge in [0, 0.05) is 131 Å². The number of nitrogens with one attached hydrogen (secondary N) is 2. The van der Waals surface area contributed by atoms with Gasteiger partial charge < -0.3 is 77.2 Å². The van der Waals surface area contributed by atoms with Crippen LogP contribution >= 0.6 is 82.4 Å². The zero-order valence-corrected chi connectivity index (χ0v) is 87.3. The standard InChI is InChI=1S/C17H17BrN4.C17H17FN4.C17H18N4O.C13H21NO4.C12H19NO4.C10H6BrN3.2C7H13NO.5CH4.CH3.Br3P/c2*18-7-5-11-12-9-21(10-13(11)12)16-6-8-22-15-4-2-1-3-14(15)19-17(22)20-16;22-8-6-11-12-9-20(10-13(11)12)16-5-7-21-15-4-2-1-3-14(15)18-17(21)19-16;1-13(2,3)18-12(16)14-6-9-8(10(9)7-14)5-11(15)17-4;1-12(2,3)17-11(16)13-5-8-7(4-10(14)15)9(8)6-13;11-9-5-6-14-8-4-2-1-3-7(8)12-10(14)13-9;2*9-2-1-5-6-3-8-4-7(5)6;;;;;;;1-4(2)3/h2*1-4,6,8,11-13H,5,7,9-10H2;1-5,7,11-13,22H,6,8-10H2;8-10H,5-7H2,1-4H3;7-9H,4-6H2,1-3H3,(H,14,15);1-6H;2*5-9H,1-4H2;5*1H4;1H3;/q;;;;;;;;;;;;;-1;/t;;;8?,9-,10+;7?,8-,9+;;2*5?,6-,7+;;;;;;;/i7D2;7D2,18-1;8D2;;;;2D2;;;;;;;;. The monoisotopic (exact) mass is 2310 g/mol. The quantitative estimate of drug-likeness (QED) is 0.0123. The number of hydrogen-bond acceptors (Lipinski definition) is 23. The number of methoxy groups -OCH3 is 1. The molecule has 37 heteroatoms. The maximum absolute atomic E-state index is 13.2. The van der Waals surface area contributed by atoms with Crippen LogP contribution in [0.25, 0.3) is 67.2 Å². The lowest BCUT2D eigenvalue weighted by Crippen LogP contribution is -2.37. The first-order valence-corrected chi connectivity index (χ1v) is 56.4. The van der Waals surface area contributed by atoms with Crippen molar-refractivity contribution in [1.29, 1.82) is 0 Å². The molecule has 15 heterocycles. The number of nitrogens with zero attached hydrogens (tertiary/aromatic N) is 17. The lowest BCUT2D eigenvalue weighted by atomic mass is 10.2. The van der Waals surface area contributed by atoms with Gasteiger partial charge in [0.25, 0.3) is 0 Å². The summed E-state index contributed by atoms with van der Waals surface area (Å²) < 4.78 is 95.2. The Morgan fingerprint density at radius 1 is 0.420 bits per heavy atom. The normalized spacial score (nSPS) is 28.3. The third-order valence-corrected chi connectivity index (χ3v) is 30.9. The number of likely N-dealkylation sites (tertiary alicyclic amines) is 2. The summed E-state index contributed by atoms with van der Waals surface area (Å²) in [6.45, 7) is 17.5. The van der Waals surface area contributed by atoms with Crippen LogP contribution in [0.4, 0.5) is 31.4 Å². The van der Waals surface area contributed by atoms with Gasteiger partial charge in [-0.05, 0) is 359 Å². The summed E-state index contributed by atoms with van der Waals surface area (Å²) in [7, 11) is 1.41. The van der Waals surface area contributed by atoms with E-state index in [4.69, 9.17) is 45.7 Å². The Kier molecular flexibility index (Phi) is 34.9. The Morgan fingerprint density at radius 2 is 0.706 bits per heavy atom. The first-order chi connectivity index (χ1) is 68.7. The summed E-state index contributed by atoms with van der Waals surface area (Å²) >= 11 is 16.0. The van der Waals surface area contributed by atoms with E-state index in [0.29, 0.717) is 158 Å². The highest BCUT2D eigenvalue weighted by Crippen LogP contribution is 2.60. The van der Waals surface area contributed by atoms with Crippen molar-refractivity contribution in [2.75, 3.05) is 145 Å². The van der Waals surface area contributed by atoms with E-state index in [9.17, 15) is 28.7 Å². The Labute approximate surface area is 894 Å². The number of piperidine rings is 7. The van der Waals surface area contributed by atoms with Crippen molar-refractivity contribution in [3.05, 3.63) is 158 Å².